The summed E-state index contributed by atoms with van der Waals surface area (Å²) in [4.78, 5) is 5.85. The number of benzene rings is 1. The van der Waals surface area contributed by atoms with Crippen LogP contribution >= 0.6 is 11.3 Å². The summed E-state index contributed by atoms with van der Waals surface area (Å²) in [5, 5.41) is 9.61. The molecule has 3 aromatic rings. The molecule has 0 aliphatic rings. The molecule has 0 saturated carbocycles. The van der Waals surface area contributed by atoms with Gasteiger partial charge in [0.2, 0.25) is 11.7 Å². The molecular formula is C17H19N3OS. The summed E-state index contributed by atoms with van der Waals surface area (Å²) >= 11 is 1.78. The molecule has 1 N–H and O–H groups in total. The van der Waals surface area contributed by atoms with Gasteiger partial charge in [-0.05, 0) is 37.3 Å². The zero-order chi connectivity index (χ0) is 15.4. The molecule has 4 nitrogen and oxygen atoms in total. The van der Waals surface area contributed by atoms with Gasteiger partial charge in [-0.3, -0.25) is 0 Å². The van der Waals surface area contributed by atoms with Gasteiger partial charge in [0.15, 0.2) is 0 Å². The summed E-state index contributed by atoms with van der Waals surface area (Å²) in [6, 6.07) is 12.7. The number of rotatable bonds is 6. The average Bonchev–Trinajstić information content (AvgIpc) is 3.17. The van der Waals surface area contributed by atoms with Crippen LogP contribution in [0.4, 0.5) is 0 Å². The van der Waals surface area contributed by atoms with Crippen LogP contribution in [-0.2, 0) is 13.0 Å². The fourth-order valence-electron chi connectivity index (χ4n) is 2.32. The van der Waals surface area contributed by atoms with E-state index in [9.17, 15) is 0 Å². The quantitative estimate of drug-likeness (QED) is 0.751. The van der Waals surface area contributed by atoms with Crippen LogP contribution in [-0.4, -0.2) is 16.2 Å². The molecule has 3 rings (SSSR count). The van der Waals surface area contributed by atoms with Crippen LogP contribution < -0.4 is 5.32 Å². The third-order valence-electron chi connectivity index (χ3n) is 3.54. The second-order valence-corrected chi connectivity index (χ2v) is 6.42. The van der Waals surface area contributed by atoms with E-state index in [0.29, 0.717) is 24.3 Å². The predicted octanol–water partition coefficient (Wildman–Crippen LogP) is 3.83. The first-order valence-corrected chi connectivity index (χ1v) is 8.24. The molecule has 0 radical (unpaired) electrons. The van der Waals surface area contributed by atoms with Crippen LogP contribution in [0.5, 0.6) is 0 Å². The minimum absolute atomic E-state index is 0.368. The smallest absolute Gasteiger partial charge is 0.240 e. The molecule has 2 aromatic heterocycles. The van der Waals surface area contributed by atoms with Gasteiger partial charge in [0.05, 0.1) is 6.54 Å². The van der Waals surface area contributed by atoms with Gasteiger partial charge < -0.3 is 9.84 Å². The van der Waals surface area contributed by atoms with Crippen molar-refractivity contribution < 1.29 is 4.52 Å². The van der Waals surface area contributed by atoms with Gasteiger partial charge in [-0.1, -0.05) is 35.5 Å². The molecule has 0 aliphatic heterocycles. The van der Waals surface area contributed by atoms with Gasteiger partial charge in [0.25, 0.3) is 0 Å². The second kappa shape index (κ2) is 6.85. The van der Waals surface area contributed by atoms with E-state index in [1.807, 2.05) is 31.2 Å². The Morgan fingerprint density at radius 1 is 1.23 bits per heavy atom. The Bertz CT molecular complexity index is 721. The number of aromatic nitrogens is 2. The lowest BCUT2D eigenvalue weighted by Gasteiger charge is -2.10. The lowest BCUT2D eigenvalue weighted by molar-refractivity contribution is 0.359. The highest BCUT2D eigenvalue weighted by Crippen LogP contribution is 2.19. The summed E-state index contributed by atoms with van der Waals surface area (Å²) in [5.74, 6) is 1.28. The molecule has 0 saturated heterocycles. The molecule has 0 amide bonds. The first-order valence-electron chi connectivity index (χ1n) is 7.36. The van der Waals surface area contributed by atoms with Crippen molar-refractivity contribution >= 4 is 11.3 Å². The molecule has 0 spiro atoms. The SMILES string of the molecule is Cc1ccccc1-c1noc(CN[C@H](C)Cc2cccs2)n1. The van der Waals surface area contributed by atoms with Crippen LogP contribution in [0.3, 0.4) is 0 Å². The number of nitrogens with zero attached hydrogens (tertiary/aromatic N) is 2. The van der Waals surface area contributed by atoms with Crippen molar-refractivity contribution in [3.63, 3.8) is 0 Å². The molecule has 1 aromatic carbocycles. The van der Waals surface area contributed by atoms with Crippen molar-refractivity contribution in [2.24, 2.45) is 0 Å². The Labute approximate surface area is 134 Å². The largest absolute Gasteiger partial charge is 0.338 e. The lowest BCUT2D eigenvalue weighted by atomic mass is 10.1. The van der Waals surface area contributed by atoms with Gasteiger partial charge in [-0.15, -0.1) is 11.3 Å². The minimum atomic E-state index is 0.368. The third-order valence-corrected chi connectivity index (χ3v) is 4.44. The van der Waals surface area contributed by atoms with E-state index in [1.54, 1.807) is 11.3 Å². The molecule has 2 heterocycles. The number of nitrogens with one attached hydrogen (secondary N) is 1. The molecule has 5 heteroatoms. The van der Waals surface area contributed by atoms with Crippen LogP contribution in [0.1, 0.15) is 23.3 Å². The van der Waals surface area contributed by atoms with Crippen LogP contribution in [0, 0.1) is 6.92 Å². The maximum absolute atomic E-state index is 5.34. The summed E-state index contributed by atoms with van der Waals surface area (Å²) in [6.07, 6.45) is 1.01. The Kier molecular flexibility index (Phi) is 4.65. The Balaban J connectivity index is 1.59. The molecule has 0 unspecified atom stereocenters. The van der Waals surface area contributed by atoms with Crippen molar-refractivity contribution in [2.45, 2.75) is 32.9 Å². The normalized spacial score (nSPS) is 12.5. The van der Waals surface area contributed by atoms with Crippen molar-refractivity contribution in [2.75, 3.05) is 0 Å². The molecular weight excluding hydrogens is 294 g/mol. The number of hydrogen-bond donors (Lipinski definition) is 1. The standard InChI is InChI=1S/C17H19N3OS/c1-12-6-3-4-8-15(12)17-19-16(21-20-17)11-18-13(2)10-14-7-5-9-22-14/h3-9,13,18H,10-11H2,1-2H3/t13-/m1/s1. The topological polar surface area (TPSA) is 51.0 Å². The van der Waals surface area contributed by atoms with Crippen molar-refractivity contribution in [1.82, 2.24) is 15.5 Å². The maximum Gasteiger partial charge on any atom is 0.240 e. The predicted molar refractivity (Wildman–Crippen MR) is 88.8 cm³/mol. The molecule has 0 fully saturated rings. The first kappa shape index (κ1) is 14.9. The highest BCUT2D eigenvalue weighted by atomic mass is 32.1. The van der Waals surface area contributed by atoms with Gasteiger partial charge in [-0.25, -0.2) is 0 Å². The van der Waals surface area contributed by atoms with Crippen LogP contribution in [0.25, 0.3) is 11.4 Å². The minimum Gasteiger partial charge on any atom is -0.338 e. The van der Waals surface area contributed by atoms with Gasteiger partial charge >= 0.3 is 0 Å². The molecule has 114 valence electrons. The summed E-state index contributed by atoms with van der Waals surface area (Å²) in [6.45, 7) is 4.80. The zero-order valence-corrected chi connectivity index (χ0v) is 13.6. The van der Waals surface area contributed by atoms with Gasteiger partial charge in [-0.2, -0.15) is 4.98 Å². The van der Waals surface area contributed by atoms with E-state index in [4.69, 9.17) is 4.52 Å². The van der Waals surface area contributed by atoms with Crippen molar-refractivity contribution in [1.29, 1.82) is 0 Å². The highest BCUT2D eigenvalue weighted by molar-refractivity contribution is 7.09. The Morgan fingerprint density at radius 2 is 2.09 bits per heavy atom. The molecule has 0 bridgehead atoms. The second-order valence-electron chi connectivity index (χ2n) is 5.39. The van der Waals surface area contributed by atoms with Crippen LogP contribution in [0.15, 0.2) is 46.3 Å². The number of aryl methyl sites for hydroxylation is 1. The fraction of sp³-hybridized carbons (Fsp3) is 0.294. The van der Waals surface area contributed by atoms with Crippen molar-refractivity contribution in [3.8, 4) is 11.4 Å². The average molecular weight is 313 g/mol. The summed E-state index contributed by atoms with van der Waals surface area (Å²) in [5.41, 5.74) is 2.16. The zero-order valence-electron chi connectivity index (χ0n) is 12.7. The molecule has 22 heavy (non-hydrogen) atoms. The summed E-state index contributed by atoms with van der Waals surface area (Å²) in [7, 11) is 0. The first-order chi connectivity index (χ1) is 10.7. The maximum atomic E-state index is 5.34. The lowest BCUT2D eigenvalue weighted by Crippen LogP contribution is -2.27. The third kappa shape index (κ3) is 3.61. The van der Waals surface area contributed by atoms with E-state index in [-0.39, 0.29) is 0 Å². The van der Waals surface area contributed by atoms with Gasteiger partial charge in [0, 0.05) is 16.5 Å². The van der Waals surface area contributed by atoms with E-state index < -0.39 is 0 Å². The number of thiophene rings is 1. The Morgan fingerprint density at radius 3 is 2.86 bits per heavy atom. The van der Waals surface area contributed by atoms with Crippen LogP contribution in [0.2, 0.25) is 0 Å². The molecule has 0 aliphatic carbocycles. The van der Waals surface area contributed by atoms with Crippen molar-refractivity contribution in [3.05, 3.63) is 58.1 Å². The molecule has 1 atom stereocenters. The number of hydrogen-bond acceptors (Lipinski definition) is 5. The van der Waals surface area contributed by atoms with E-state index >= 15 is 0 Å². The van der Waals surface area contributed by atoms with Gasteiger partial charge in [0.1, 0.15) is 0 Å². The Hall–Kier alpha value is -1.98. The van der Waals surface area contributed by atoms with E-state index in [2.05, 4.69) is 39.9 Å². The summed E-state index contributed by atoms with van der Waals surface area (Å²) < 4.78 is 5.34. The fourth-order valence-corrected chi connectivity index (χ4v) is 3.16. The van der Waals surface area contributed by atoms with E-state index in [0.717, 1.165) is 17.5 Å². The van der Waals surface area contributed by atoms with E-state index in [1.165, 1.54) is 4.88 Å². The highest BCUT2D eigenvalue weighted by Gasteiger charge is 2.11. The monoisotopic (exact) mass is 313 g/mol.